The van der Waals surface area contributed by atoms with Gasteiger partial charge in [0.15, 0.2) is 5.82 Å². The fourth-order valence-electron chi connectivity index (χ4n) is 7.72. The van der Waals surface area contributed by atoms with Gasteiger partial charge in [0.05, 0.1) is 22.4 Å². The molecule has 0 N–H and O–H groups in total. The van der Waals surface area contributed by atoms with Crippen LogP contribution in [0.3, 0.4) is 0 Å². The molecule has 0 unspecified atom stereocenters. The van der Waals surface area contributed by atoms with Gasteiger partial charge in [0.1, 0.15) is 0 Å². The van der Waals surface area contributed by atoms with Gasteiger partial charge < -0.3 is 4.57 Å². The maximum absolute atomic E-state index is 5.06. The van der Waals surface area contributed by atoms with Gasteiger partial charge in [0.25, 0.3) is 0 Å². The molecule has 0 atom stereocenters. The molecule has 0 amide bonds. The minimum atomic E-state index is 0.716. The van der Waals surface area contributed by atoms with Crippen LogP contribution in [0, 0.1) is 0 Å². The number of hydrogen-bond donors (Lipinski definition) is 0. The number of hydrogen-bond acceptors (Lipinski definition) is 2. The molecule has 10 aromatic rings. The summed E-state index contributed by atoms with van der Waals surface area (Å²) in [6.07, 6.45) is 0. The highest BCUT2D eigenvalue weighted by Gasteiger charge is 2.15. The molecule has 3 nitrogen and oxygen atoms in total. The van der Waals surface area contributed by atoms with Crippen molar-refractivity contribution in [2.45, 2.75) is 0 Å². The molecule has 3 heteroatoms. The predicted octanol–water partition coefficient (Wildman–Crippen LogP) is 13.1. The molecular formula is C50H33N3. The van der Waals surface area contributed by atoms with E-state index in [0.29, 0.717) is 5.82 Å². The summed E-state index contributed by atoms with van der Waals surface area (Å²) in [4.78, 5) is 10.0. The molecule has 8 aromatic carbocycles. The fourth-order valence-corrected chi connectivity index (χ4v) is 7.72. The molecule has 2 heterocycles. The lowest BCUT2D eigenvalue weighted by Crippen LogP contribution is -1.96. The normalized spacial score (nSPS) is 11.4. The minimum Gasteiger partial charge on any atom is -0.309 e. The average Bonchev–Trinajstić information content (AvgIpc) is 3.58. The molecule has 53 heavy (non-hydrogen) atoms. The molecule has 0 fully saturated rings. The van der Waals surface area contributed by atoms with Crippen molar-refractivity contribution in [2.75, 3.05) is 0 Å². The van der Waals surface area contributed by atoms with Crippen molar-refractivity contribution >= 4 is 32.6 Å². The van der Waals surface area contributed by atoms with Crippen LogP contribution in [0.2, 0.25) is 0 Å². The number of fused-ring (bicyclic) bond motifs is 4. The first-order chi connectivity index (χ1) is 26.3. The van der Waals surface area contributed by atoms with E-state index in [9.17, 15) is 0 Å². The van der Waals surface area contributed by atoms with Gasteiger partial charge in [0.2, 0.25) is 0 Å². The maximum Gasteiger partial charge on any atom is 0.160 e. The van der Waals surface area contributed by atoms with E-state index in [4.69, 9.17) is 9.97 Å². The second-order valence-electron chi connectivity index (χ2n) is 13.4. The van der Waals surface area contributed by atoms with E-state index in [1.807, 2.05) is 36.4 Å². The molecule has 0 spiro atoms. The highest BCUT2D eigenvalue weighted by molar-refractivity contribution is 6.10. The van der Waals surface area contributed by atoms with Gasteiger partial charge in [-0.25, -0.2) is 9.97 Å². The van der Waals surface area contributed by atoms with Gasteiger partial charge in [-0.3, -0.25) is 0 Å². The van der Waals surface area contributed by atoms with E-state index in [0.717, 1.165) is 39.3 Å². The third-order valence-electron chi connectivity index (χ3n) is 10.2. The second kappa shape index (κ2) is 12.9. The van der Waals surface area contributed by atoms with Gasteiger partial charge in [-0.1, -0.05) is 170 Å². The first kappa shape index (κ1) is 30.7. The molecule has 0 bridgehead atoms. The number of nitrogens with zero attached hydrogens (tertiary/aromatic N) is 3. The van der Waals surface area contributed by atoms with Crippen molar-refractivity contribution in [3.05, 3.63) is 200 Å². The van der Waals surface area contributed by atoms with Crippen LogP contribution in [-0.4, -0.2) is 14.5 Å². The Balaban J connectivity index is 1.08. The van der Waals surface area contributed by atoms with Gasteiger partial charge in [0, 0.05) is 33.2 Å². The monoisotopic (exact) mass is 675 g/mol. The Morgan fingerprint density at radius 2 is 0.830 bits per heavy atom. The van der Waals surface area contributed by atoms with Crippen LogP contribution in [0.4, 0.5) is 0 Å². The Hall–Kier alpha value is -7.10. The molecule has 0 saturated heterocycles. The molecule has 248 valence electrons. The summed E-state index contributed by atoms with van der Waals surface area (Å²) in [5.74, 6) is 0.716. The molecule has 10 rings (SSSR count). The summed E-state index contributed by atoms with van der Waals surface area (Å²) in [7, 11) is 0. The minimum absolute atomic E-state index is 0.716. The number of para-hydroxylation sites is 2. The number of benzene rings is 8. The maximum atomic E-state index is 5.06. The van der Waals surface area contributed by atoms with Gasteiger partial charge in [-0.15, -0.1) is 0 Å². The lowest BCUT2D eigenvalue weighted by molar-refractivity contribution is 1.18. The van der Waals surface area contributed by atoms with Crippen molar-refractivity contribution in [3.8, 4) is 61.8 Å². The highest BCUT2D eigenvalue weighted by atomic mass is 15.0. The SMILES string of the molecule is c1ccc(-c2cc(-c3ccc(-c4cccc5cccc(-c6cccc(-n7c8ccccc8c8ccccc87)c6)c45)cc3)nc(-c3ccccc3)n2)cc1. The lowest BCUT2D eigenvalue weighted by atomic mass is 9.91. The summed E-state index contributed by atoms with van der Waals surface area (Å²) in [5.41, 5.74) is 13.2. The Morgan fingerprint density at radius 1 is 0.340 bits per heavy atom. The Bertz CT molecular complexity index is 2810. The second-order valence-corrected chi connectivity index (χ2v) is 13.4. The summed E-state index contributed by atoms with van der Waals surface area (Å²) < 4.78 is 2.39. The molecule has 0 radical (unpaired) electrons. The zero-order valence-corrected chi connectivity index (χ0v) is 28.9. The summed E-state index contributed by atoms with van der Waals surface area (Å²) in [5, 5.41) is 4.97. The summed E-state index contributed by atoms with van der Waals surface area (Å²) in [6.45, 7) is 0. The van der Waals surface area contributed by atoms with Crippen molar-refractivity contribution < 1.29 is 0 Å². The molecule has 0 aliphatic heterocycles. The van der Waals surface area contributed by atoms with Crippen molar-refractivity contribution in [1.29, 1.82) is 0 Å². The molecule has 0 aliphatic rings. The first-order valence-corrected chi connectivity index (χ1v) is 18.0. The molecular weight excluding hydrogens is 643 g/mol. The van der Waals surface area contributed by atoms with Gasteiger partial charge >= 0.3 is 0 Å². The van der Waals surface area contributed by atoms with E-state index < -0.39 is 0 Å². The standard InChI is InChI=1S/C50H33N3/c1-3-14-35(15-4-1)45-33-46(52-50(51-45)38-16-5-2-6-17-38)36-30-28-34(29-31-36)41-24-12-18-37-19-13-25-42(49(37)41)39-20-11-21-40(32-39)53-47-26-9-7-22-43(47)44-23-8-10-27-48(44)53/h1-33H. The predicted molar refractivity (Wildman–Crippen MR) is 221 cm³/mol. The highest BCUT2D eigenvalue weighted by Crippen LogP contribution is 2.39. The largest absolute Gasteiger partial charge is 0.309 e. The zero-order valence-electron chi connectivity index (χ0n) is 28.9. The number of aromatic nitrogens is 3. The number of rotatable bonds is 6. The average molecular weight is 676 g/mol. The van der Waals surface area contributed by atoms with Crippen LogP contribution < -0.4 is 0 Å². The van der Waals surface area contributed by atoms with Crippen molar-refractivity contribution in [3.63, 3.8) is 0 Å². The van der Waals surface area contributed by atoms with Crippen molar-refractivity contribution in [2.24, 2.45) is 0 Å². The van der Waals surface area contributed by atoms with Crippen LogP contribution in [-0.2, 0) is 0 Å². The lowest BCUT2D eigenvalue weighted by Gasteiger charge is -2.15. The van der Waals surface area contributed by atoms with Crippen LogP contribution >= 0.6 is 0 Å². The summed E-state index contributed by atoms with van der Waals surface area (Å²) >= 11 is 0. The summed E-state index contributed by atoms with van der Waals surface area (Å²) in [6, 6.07) is 71.0. The first-order valence-electron chi connectivity index (χ1n) is 18.0. The Labute approximate surface area is 308 Å². The Morgan fingerprint density at radius 3 is 1.47 bits per heavy atom. The van der Waals surface area contributed by atoms with Gasteiger partial charge in [-0.05, 0) is 63.4 Å². The van der Waals surface area contributed by atoms with E-state index in [-0.39, 0.29) is 0 Å². The third-order valence-corrected chi connectivity index (χ3v) is 10.2. The zero-order chi connectivity index (χ0) is 35.1. The smallest absolute Gasteiger partial charge is 0.160 e. The fraction of sp³-hybridized carbons (Fsp3) is 0. The topological polar surface area (TPSA) is 30.7 Å². The molecule has 0 aliphatic carbocycles. The third kappa shape index (κ3) is 5.47. The van der Waals surface area contributed by atoms with E-state index in [1.165, 1.54) is 49.3 Å². The molecule has 2 aromatic heterocycles. The quantitative estimate of drug-likeness (QED) is 0.176. The van der Waals surface area contributed by atoms with E-state index in [1.54, 1.807) is 0 Å². The van der Waals surface area contributed by atoms with Crippen LogP contribution in [0.5, 0.6) is 0 Å². The Kier molecular flexibility index (Phi) is 7.47. The van der Waals surface area contributed by atoms with Crippen LogP contribution in [0.15, 0.2) is 200 Å². The molecule has 0 saturated carbocycles. The van der Waals surface area contributed by atoms with Gasteiger partial charge in [-0.2, -0.15) is 0 Å². The van der Waals surface area contributed by atoms with E-state index in [2.05, 4.69) is 168 Å². The van der Waals surface area contributed by atoms with Crippen LogP contribution in [0.1, 0.15) is 0 Å². The van der Waals surface area contributed by atoms with Crippen LogP contribution in [0.25, 0.3) is 94.4 Å². The van der Waals surface area contributed by atoms with E-state index >= 15 is 0 Å². The van der Waals surface area contributed by atoms with Crippen molar-refractivity contribution in [1.82, 2.24) is 14.5 Å².